The number of amidine groups is 1. The zero-order valence-electron chi connectivity index (χ0n) is 33.2. The van der Waals surface area contributed by atoms with Crippen LogP contribution in [0.25, 0.3) is 11.6 Å². The molecule has 0 aliphatic heterocycles. The van der Waals surface area contributed by atoms with Crippen LogP contribution in [0.4, 0.5) is 0 Å². The summed E-state index contributed by atoms with van der Waals surface area (Å²) in [6, 6.07) is 6.73. The number of benzene rings is 1. The number of fused-ring (bicyclic) bond motifs is 1. The molecule has 3 nitrogen and oxygen atoms in total. The first-order valence-corrected chi connectivity index (χ1v) is 20.1. The predicted molar refractivity (Wildman–Crippen MR) is 241 cm³/mol. The highest BCUT2D eigenvalue weighted by Gasteiger charge is 2.17. The van der Waals surface area contributed by atoms with Crippen molar-refractivity contribution in [3.8, 4) is 0 Å². The standard InChI is InChI=1S/C52H59N3/c1-6-9-10-20-40-21-17-25-44(33-40)46-26-18-27-48(36-46)52(54)55-50(28-15-14-24-49(37-53)51-29-16-11-19-38(51)4)32-39(5)41(7-2)34-42(8-3)47-31-30-43-22-12-13-23-45(43)35-47/h6-12,14-15,19-20,22,24,26,28,30-37,39-40,53H,3-4,13,16-18,21,23,25,27,29H2,1-2,5H3,(H2,54,55)/b9-6-,20-10-,24-14+,28-15+,41-7+,42-34+,50-32-,51-49-,53-37?. The molecule has 5 rings (SSSR count). The molecule has 0 aromatic heterocycles. The Kier molecular flexibility index (Phi) is 15.4. The van der Waals surface area contributed by atoms with Gasteiger partial charge in [-0.2, -0.15) is 0 Å². The van der Waals surface area contributed by atoms with E-state index in [2.05, 4.69) is 131 Å². The molecule has 4 aliphatic rings. The summed E-state index contributed by atoms with van der Waals surface area (Å²) in [5, 5.41) is 8.08. The van der Waals surface area contributed by atoms with Crippen LogP contribution in [0, 0.1) is 17.2 Å². The van der Waals surface area contributed by atoms with Gasteiger partial charge in [0.25, 0.3) is 0 Å². The zero-order chi connectivity index (χ0) is 39.0. The predicted octanol–water partition coefficient (Wildman–Crippen LogP) is 13.5. The van der Waals surface area contributed by atoms with E-state index in [4.69, 9.17) is 16.1 Å². The average Bonchev–Trinajstić information content (AvgIpc) is 3.21. The third-order valence-corrected chi connectivity index (χ3v) is 10.7. The molecule has 2 unspecified atom stereocenters. The summed E-state index contributed by atoms with van der Waals surface area (Å²) in [6.07, 6.45) is 51.6. The molecule has 1 aromatic carbocycles. The van der Waals surface area contributed by atoms with Gasteiger partial charge in [-0.15, -0.1) is 0 Å². The summed E-state index contributed by atoms with van der Waals surface area (Å²) in [4.78, 5) is 5.09. The summed E-state index contributed by atoms with van der Waals surface area (Å²) in [7, 11) is 0. The Bertz CT molecular complexity index is 2060. The van der Waals surface area contributed by atoms with E-state index in [1.807, 2.05) is 36.5 Å². The van der Waals surface area contributed by atoms with Gasteiger partial charge in [0.05, 0.1) is 5.70 Å². The number of hydrogen-bond acceptors (Lipinski definition) is 2. The van der Waals surface area contributed by atoms with Crippen LogP contribution in [0.15, 0.2) is 190 Å². The normalized spacial score (nSPS) is 21.6. The van der Waals surface area contributed by atoms with Crippen molar-refractivity contribution >= 4 is 23.7 Å². The second-order valence-corrected chi connectivity index (χ2v) is 14.6. The van der Waals surface area contributed by atoms with Crippen molar-refractivity contribution < 1.29 is 0 Å². The minimum absolute atomic E-state index is 0.0491. The number of allylic oxidation sites excluding steroid dienone is 25. The summed E-state index contributed by atoms with van der Waals surface area (Å²) in [6.45, 7) is 14.7. The topological polar surface area (TPSA) is 62.2 Å². The van der Waals surface area contributed by atoms with Crippen molar-refractivity contribution in [1.29, 1.82) is 5.41 Å². The maximum atomic E-state index is 8.08. The fourth-order valence-corrected chi connectivity index (χ4v) is 7.61. The lowest BCUT2D eigenvalue weighted by Crippen LogP contribution is -2.17. The molecule has 0 saturated heterocycles. The number of nitrogens with two attached hydrogens (primary N) is 1. The number of rotatable bonds is 14. The van der Waals surface area contributed by atoms with Crippen LogP contribution >= 0.6 is 0 Å². The summed E-state index contributed by atoms with van der Waals surface area (Å²) < 4.78 is 0. The molecule has 0 radical (unpaired) electrons. The molecule has 0 fully saturated rings. The fourth-order valence-electron chi connectivity index (χ4n) is 7.61. The Labute approximate surface area is 331 Å². The molecular formula is C52H59N3. The van der Waals surface area contributed by atoms with Gasteiger partial charge >= 0.3 is 0 Å². The maximum Gasteiger partial charge on any atom is 0.127 e. The van der Waals surface area contributed by atoms with E-state index in [-0.39, 0.29) is 5.92 Å². The molecular weight excluding hydrogens is 667 g/mol. The van der Waals surface area contributed by atoms with E-state index in [0.29, 0.717) is 11.8 Å². The maximum absolute atomic E-state index is 8.08. The van der Waals surface area contributed by atoms with E-state index in [0.717, 1.165) is 78.5 Å². The number of hydrogen-bond donors (Lipinski definition) is 2. The number of nitrogens with zero attached hydrogens (tertiary/aromatic N) is 1. The van der Waals surface area contributed by atoms with Crippen molar-refractivity contribution in [3.05, 3.63) is 202 Å². The number of nitrogens with one attached hydrogen (secondary N) is 1. The highest BCUT2D eigenvalue weighted by atomic mass is 14.9. The number of aryl methyl sites for hydroxylation is 1. The van der Waals surface area contributed by atoms with Gasteiger partial charge < -0.3 is 11.1 Å². The Morgan fingerprint density at radius 3 is 2.58 bits per heavy atom. The van der Waals surface area contributed by atoms with Gasteiger partial charge in [0.15, 0.2) is 0 Å². The molecule has 2 atom stereocenters. The van der Waals surface area contributed by atoms with E-state index >= 15 is 0 Å². The van der Waals surface area contributed by atoms with Crippen LogP contribution in [0.1, 0.15) is 88.8 Å². The van der Waals surface area contributed by atoms with Crippen LogP contribution in [-0.2, 0) is 6.42 Å². The van der Waals surface area contributed by atoms with Crippen LogP contribution in [0.3, 0.4) is 0 Å². The first-order chi connectivity index (χ1) is 26.8. The summed E-state index contributed by atoms with van der Waals surface area (Å²) in [5.74, 6) is 1.06. The Hall–Kier alpha value is -5.54. The summed E-state index contributed by atoms with van der Waals surface area (Å²) in [5.41, 5.74) is 20.6. The molecule has 282 valence electrons. The van der Waals surface area contributed by atoms with Gasteiger partial charge in [-0.05, 0) is 151 Å². The second kappa shape index (κ2) is 20.8. The van der Waals surface area contributed by atoms with Crippen LogP contribution < -0.4 is 5.73 Å². The Balaban J connectivity index is 1.46. The van der Waals surface area contributed by atoms with Gasteiger partial charge in [-0.1, -0.05) is 142 Å². The minimum atomic E-state index is 0.0491. The lowest BCUT2D eigenvalue weighted by Gasteiger charge is -2.22. The SMILES string of the molecule is C=C/C(=C\C(=C/C)C(C)/C=C(/C=C/C=C/C(C=N)=C1\CCC=CC1=C)N=C(N)C1=CC(C2=CC(/C=C\C=C/C)CCC2)=CCC1)c1ccc2c(c1)CCC=C2. The van der Waals surface area contributed by atoms with E-state index in [1.165, 1.54) is 52.5 Å². The van der Waals surface area contributed by atoms with Gasteiger partial charge in [-0.3, -0.25) is 0 Å². The highest BCUT2D eigenvalue weighted by Crippen LogP contribution is 2.33. The van der Waals surface area contributed by atoms with Gasteiger partial charge in [-0.25, -0.2) is 4.99 Å². The van der Waals surface area contributed by atoms with Crippen molar-refractivity contribution in [1.82, 2.24) is 0 Å². The largest absolute Gasteiger partial charge is 0.383 e. The molecule has 4 aliphatic carbocycles. The minimum Gasteiger partial charge on any atom is -0.383 e. The van der Waals surface area contributed by atoms with Crippen LogP contribution in [0.2, 0.25) is 0 Å². The quantitative estimate of drug-likeness (QED) is 0.112. The third kappa shape index (κ3) is 11.5. The first kappa shape index (κ1) is 40.6. The molecule has 0 heterocycles. The van der Waals surface area contributed by atoms with Crippen molar-refractivity contribution in [2.45, 2.75) is 78.6 Å². The van der Waals surface area contributed by atoms with E-state index in [9.17, 15) is 0 Å². The first-order valence-electron chi connectivity index (χ1n) is 20.1. The fraction of sp³-hybridized carbons (Fsp3) is 0.269. The van der Waals surface area contributed by atoms with Gasteiger partial charge in [0, 0.05) is 12.1 Å². The van der Waals surface area contributed by atoms with E-state index in [1.54, 1.807) is 0 Å². The Morgan fingerprint density at radius 2 is 1.80 bits per heavy atom. The molecule has 0 amide bonds. The molecule has 0 spiro atoms. The van der Waals surface area contributed by atoms with Crippen LogP contribution in [0.5, 0.6) is 0 Å². The van der Waals surface area contributed by atoms with Crippen LogP contribution in [-0.4, -0.2) is 12.1 Å². The third-order valence-electron chi connectivity index (χ3n) is 10.7. The highest BCUT2D eigenvalue weighted by molar-refractivity contribution is 5.98. The molecule has 3 N–H and O–H groups in total. The Morgan fingerprint density at radius 1 is 0.982 bits per heavy atom. The smallest absolute Gasteiger partial charge is 0.127 e. The second-order valence-electron chi connectivity index (χ2n) is 14.6. The van der Waals surface area contributed by atoms with Crippen molar-refractivity contribution in [3.63, 3.8) is 0 Å². The molecule has 0 bridgehead atoms. The monoisotopic (exact) mass is 725 g/mol. The van der Waals surface area contributed by atoms with Gasteiger partial charge in [0.1, 0.15) is 5.84 Å². The molecule has 1 aromatic rings. The van der Waals surface area contributed by atoms with Gasteiger partial charge in [0.2, 0.25) is 0 Å². The number of aliphatic imine (C=N–C) groups is 1. The lowest BCUT2D eigenvalue weighted by atomic mass is 9.84. The van der Waals surface area contributed by atoms with E-state index < -0.39 is 0 Å². The zero-order valence-corrected chi connectivity index (χ0v) is 33.2. The molecule has 0 saturated carbocycles. The molecule has 55 heavy (non-hydrogen) atoms. The average molecular weight is 726 g/mol. The summed E-state index contributed by atoms with van der Waals surface area (Å²) >= 11 is 0. The van der Waals surface area contributed by atoms with Crippen molar-refractivity contribution in [2.75, 3.05) is 0 Å². The lowest BCUT2D eigenvalue weighted by molar-refractivity contribution is 0.614. The van der Waals surface area contributed by atoms with Crippen molar-refractivity contribution in [2.24, 2.45) is 22.6 Å². The molecule has 3 heteroatoms.